The number of aromatic nitrogens is 4. The third kappa shape index (κ3) is 5.27. The number of hydrogen-bond donors (Lipinski definition) is 0. The predicted molar refractivity (Wildman–Crippen MR) is 273 cm³/mol. The first-order chi connectivity index (χ1) is 31.7. The van der Waals surface area contributed by atoms with E-state index in [2.05, 4.69) is 203 Å². The molecule has 0 saturated heterocycles. The van der Waals surface area contributed by atoms with E-state index in [1.54, 1.807) is 0 Å². The smallest absolute Gasteiger partial charge is 0.0894 e. The van der Waals surface area contributed by atoms with Gasteiger partial charge in [0.15, 0.2) is 0 Å². The number of fused-ring (bicyclic) bond motifs is 12. The van der Waals surface area contributed by atoms with Crippen LogP contribution < -0.4 is 0 Å². The Bertz CT molecular complexity index is 3950. The Hall–Kier alpha value is -7.90. The van der Waals surface area contributed by atoms with Gasteiger partial charge in [0, 0.05) is 73.3 Å². The van der Waals surface area contributed by atoms with Crippen LogP contribution in [0.5, 0.6) is 0 Å². The maximum absolute atomic E-state index is 5.15. The Morgan fingerprint density at radius 2 is 0.719 bits per heavy atom. The summed E-state index contributed by atoms with van der Waals surface area (Å²) in [5.41, 5.74) is 13.2. The van der Waals surface area contributed by atoms with E-state index >= 15 is 0 Å². The van der Waals surface area contributed by atoms with Crippen LogP contribution in [0.3, 0.4) is 0 Å². The fourth-order valence-electron chi connectivity index (χ4n) is 10.1. The zero-order valence-electron chi connectivity index (χ0n) is 34.2. The number of nitrogens with zero attached hydrogens (tertiary/aromatic N) is 4. The summed E-state index contributed by atoms with van der Waals surface area (Å²) in [6, 6.07) is 70.5. The van der Waals surface area contributed by atoms with E-state index in [9.17, 15) is 0 Å². The van der Waals surface area contributed by atoms with Crippen molar-refractivity contribution in [3.63, 3.8) is 0 Å². The molecular formula is C58H34N4S2. The number of rotatable bonds is 5. The molecule has 0 unspecified atom stereocenters. The van der Waals surface area contributed by atoms with Gasteiger partial charge in [0.25, 0.3) is 0 Å². The van der Waals surface area contributed by atoms with Gasteiger partial charge in [-0.3, -0.25) is 9.97 Å². The molecule has 6 heterocycles. The first-order valence-corrected chi connectivity index (χ1v) is 23.2. The van der Waals surface area contributed by atoms with Gasteiger partial charge in [-0.05, 0) is 82.9 Å². The monoisotopic (exact) mass is 850 g/mol. The first-order valence-electron chi connectivity index (χ1n) is 21.5. The standard InChI is InChI=1S/C58H34N4S2/c1-5-25-51-41(17-1)47-31-49(59-33-53(47)61(51)37-15-9-13-35(29-37)39-21-11-23-45-43-19-3-7-27-55(43)63-57(39)45)50-32-48-42-18-2-6-26-52(42)62(54(48)34-60-50)38-16-10-14-36(30-38)40-22-12-24-46-44-20-4-8-28-56(44)64-58(40)46/h1-34H. The minimum atomic E-state index is 0.845. The second kappa shape index (κ2) is 13.8. The van der Waals surface area contributed by atoms with Crippen molar-refractivity contribution in [2.24, 2.45) is 0 Å². The Kier molecular flexibility index (Phi) is 7.69. The summed E-state index contributed by atoms with van der Waals surface area (Å²) < 4.78 is 9.97. The maximum Gasteiger partial charge on any atom is 0.0894 e. The number of pyridine rings is 2. The molecule has 14 rings (SSSR count). The molecule has 6 aromatic heterocycles. The highest BCUT2D eigenvalue weighted by Gasteiger charge is 2.19. The number of thiophene rings is 2. The molecule has 0 amide bonds. The van der Waals surface area contributed by atoms with Crippen LogP contribution in [0, 0.1) is 0 Å². The van der Waals surface area contributed by atoms with Gasteiger partial charge < -0.3 is 9.13 Å². The highest BCUT2D eigenvalue weighted by molar-refractivity contribution is 7.26. The molecule has 0 spiro atoms. The highest BCUT2D eigenvalue weighted by Crippen LogP contribution is 2.43. The lowest BCUT2D eigenvalue weighted by Gasteiger charge is -2.11. The molecule has 0 radical (unpaired) electrons. The fourth-order valence-corrected chi connectivity index (χ4v) is 12.6. The van der Waals surface area contributed by atoms with Gasteiger partial charge in [-0.15, -0.1) is 22.7 Å². The van der Waals surface area contributed by atoms with Crippen LogP contribution in [0.1, 0.15) is 0 Å². The van der Waals surface area contributed by atoms with Crippen LogP contribution >= 0.6 is 22.7 Å². The van der Waals surface area contributed by atoms with E-state index in [1.807, 2.05) is 35.1 Å². The molecule has 0 aliphatic rings. The van der Waals surface area contributed by atoms with Crippen molar-refractivity contribution in [3.8, 4) is 45.0 Å². The molecule has 8 aromatic carbocycles. The maximum atomic E-state index is 5.15. The molecule has 4 nitrogen and oxygen atoms in total. The number of para-hydroxylation sites is 2. The van der Waals surface area contributed by atoms with E-state index in [4.69, 9.17) is 9.97 Å². The number of benzene rings is 8. The summed E-state index contributed by atoms with van der Waals surface area (Å²) in [4.78, 5) is 10.3. The van der Waals surface area contributed by atoms with Crippen molar-refractivity contribution in [1.82, 2.24) is 19.1 Å². The van der Waals surface area contributed by atoms with Crippen LogP contribution in [0.2, 0.25) is 0 Å². The molecule has 0 aliphatic heterocycles. The van der Waals surface area contributed by atoms with Gasteiger partial charge in [-0.1, -0.05) is 133 Å². The third-order valence-electron chi connectivity index (χ3n) is 13.0. The van der Waals surface area contributed by atoms with Gasteiger partial charge in [0.1, 0.15) is 0 Å². The van der Waals surface area contributed by atoms with Gasteiger partial charge in [0.05, 0.1) is 45.8 Å². The zero-order valence-corrected chi connectivity index (χ0v) is 35.9. The molecule has 64 heavy (non-hydrogen) atoms. The molecule has 0 bridgehead atoms. The Labute approximate surface area is 375 Å². The lowest BCUT2D eigenvalue weighted by Crippen LogP contribution is -1.96. The SMILES string of the molecule is c1cc(-c2cccc3c2sc2ccccc23)cc(-n2c3ccccc3c3cc(-c4cc5c6ccccc6n(-c6cccc(-c7cccc8c7sc7ccccc78)c6)c5cn4)ncc32)c1. The first kappa shape index (κ1) is 35.7. The molecule has 6 heteroatoms. The summed E-state index contributed by atoms with van der Waals surface area (Å²) >= 11 is 3.74. The Morgan fingerprint density at radius 1 is 0.312 bits per heavy atom. The second-order valence-corrected chi connectivity index (χ2v) is 18.6. The van der Waals surface area contributed by atoms with Crippen molar-refractivity contribution in [3.05, 3.63) is 207 Å². The average Bonchev–Trinajstić information content (AvgIpc) is 4.11. The van der Waals surface area contributed by atoms with Crippen molar-refractivity contribution < 1.29 is 0 Å². The Balaban J connectivity index is 0.885. The van der Waals surface area contributed by atoms with E-state index in [1.165, 1.54) is 73.4 Å². The van der Waals surface area contributed by atoms with Crippen LogP contribution in [0.25, 0.3) is 129 Å². The number of hydrogen-bond acceptors (Lipinski definition) is 4. The van der Waals surface area contributed by atoms with E-state index in [0.29, 0.717) is 0 Å². The van der Waals surface area contributed by atoms with E-state index in [-0.39, 0.29) is 0 Å². The van der Waals surface area contributed by atoms with Crippen molar-refractivity contribution >= 4 is 107 Å². The molecule has 0 N–H and O–H groups in total. The average molecular weight is 851 g/mol. The summed E-state index contributed by atoms with van der Waals surface area (Å²) in [5.74, 6) is 0. The van der Waals surface area contributed by atoms with Gasteiger partial charge in [0.2, 0.25) is 0 Å². The Morgan fingerprint density at radius 3 is 1.20 bits per heavy atom. The molecule has 0 fully saturated rings. The predicted octanol–water partition coefficient (Wildman–Crippen LogP) is 16.4. The van der Waals surface area contributed by atoms with Crippen LogP contribution in [0.4, 0.5) is 0 Å². The molecular weight excluding hydrogens is 817 g/mol. The molecule has 298 valence electrons. The lowest BCUT2D eigenvalue weighted by atomic mass is 10.0. The van der Waals surface area contributed by atoms with Gasteiger partial charge in [-0.25, -0.2) is 0 Å². The van der Waals surface area contributed by atoms with Crippen LogP contribution in [0.15, 0.2) is 207 Å². The fraction of sp³-hybridized carbons (Fsp3) is 0. The normalized spacial score (nSPS) is 12.1. The largest absolute Gasteiger partial charge is 0.308 e. The lowest BCUT2D eigenvalue weighted by molar-refractivity contribution is 1.16. The quantitative estimate of drug-likeness (QED) is 0.173. The molecule has 0 aliphatic carbocycles. The summed E-state index contributed by atoms with van der Waals surface area (Å²) in [7, 11) is 0. The zero-order chi connectivity index (χ0) is 41.9. The second-order valence-electron chi connectivity index (χ2n) is 16.5. The summed E-state index contributed by atoms with van der Waals surface area (Å²) in [6.45, 7) is 0. The highest BCUT2D eigenvalue weighted by atomic mass is 32.1. The van der Waals surface area contributed by atoms with Crippen LogP contribution in [-0.4, -0.2) is 19.1 Å². The molecule has 0 saturated carbocycles. The third-order valence-corrected chi connectivity index (χ3v) is 15.5. The van der Waals surface area contributed by atoms with Crippen LogP contribution in [-0.2, 0) is 0 Å². The molecule has 0 atom stereocenters. The van der Waals surface area contributed by atoms with Crippen molar-refractivity contribution in [2.75, 3.05) is 0 Å². The van der Waals surface area contributed by atoms with Gasteiger partial charge in [-0.2, -0.15) is 0 Å². The molecule has 14 aromatic rings. The van der Waals surface area contributed by atoms with Crippen molar-refractivity contribution in [2.45, 2.75) is 0 Å². The van der Waals surface area contributed by atoms with E-state index < -0.39 is 0 Å². The van der Waals surface area contributed by atoms with E-state index in [0.717, 1.165) is 55.6 Å². The summed E-state index contributed by atoms with van der Waals surface area (Å²) in [6.07, 6.45) is 4.06. The minimum absolute atomic E-state index is 0.845. The summed E-state index contributed by atoms with van der Waals surface area (Å²) in [5, 5.41) is 9.89. The van der Waals surface area contributed by atoms with Gasteiger partial charge >= 0.3 is 0 Å². The topological polar surface area (TPSA) is 35.6 Å². The minimum Gasteiger partial charge on any atom is -0.308 e. The van der Waals surface area contributed by atoms with Crippen molar-refractivity contribution in [1.29, 1.82) is 0 Å².